The van der Waals surface area contributed by atoms with Gasteiger partial charge in [0, 0.05) is 27.7 Å². The molecule has 4 rings (SSSR count). The van der Waals surface area contributed by atoms with Crippen molar-refractivity contribution < 1.29 is 37.0 Å². The fourth-order valence-corrected chi connectivity index (χ4v) is 6.07. The Hall–Kier alpha value is -5.33. The molecule has 0 unspecified atom stereocenters. The molecule has 0 aliphatic carbocycles. The third-order valence-electron chi connectivity index (χ3n) is 7.03. The highest BCUT2D eigenvalue weighted by Crippen LogP contribution is 2.69. The van der Waals surface area contributed by atoms with Crippen LogP contribution < -0.4 is 18.9 Å². The van der Waals surface area contributed by atoms with Crippen molar-refractivity contribution in [1.29, 1.82) is 0 Å². The lowest BCUT2D eigenvalue weighted by Gasteiger charge is -2.23. The second-order valence-corrected chi connectivity index (χ2v) is 12.5. The van der Waals surface area contributed by atoms with Crippen LogP contribution in [0.15, 0.2) is 167 Å². The monoisotopic (exact) mass is 683 g/mol. The molecule has 256 valence electrons. The molecule has 0 spiro atoms. The Kier molecular flexibility index (Phi) is 13.2. The van der Waals surface area contributed by atoms with Crippen LogP contribution in [0.3, 0.4) is 0 Å². The summed E-state index contributed by atoms with van der Waals surface area (Å²) in [6, 6.07) is 37.6. The molecule has 8 nitrogen and oxygen atoms in total. The Morgan fingerprint density at radius 3 is 0.653 bits per heavy atom. The van der Waals surface area contributed by atoms with Gasteiger partial charge in [0.2, 0.25) is 0 Å². The van der Waals surface area contributed by atoms with Crippen molar-refractivity contribution in [3.63, 3.8) is 0 Å². The highest BCUT2D eigenvalue weighted by Gasteiger charge is 2.58. The molecule has 0 aliphatic heterocycles. The molecule has 0 saturated heterocycles. The fraction of sp³-hybridized carbons (Fsp3) is 0.200. The van der Waals surface area contributed by atoms with Gasteiger partial charge >= 0.3 is 8.17 Å². The molecule has 0 aromatic heterocycles. The fourth-order valence-electron chi connectivity index (χ4n) is 3.99. The Bertz CT molecular complexity index is 1500. The molecule has 0 fully saturated rings. The summed E-state index contributed by atoms with van der Waals surface area (Å²) >= 11 is 0. The second kappa shape index (κ2) is 17.7. The molecule has 0 heterocycles. The van der Waals surface area contributed by atoms with Crippen LogP contribution in [0.5, 0.6) is 23.0 Å². The molecule has 0 bridgehead atoms. The van der Waals surface area contributed by atoms with E-state index in [1.165, 1.54) is 0 Å². The molecule has 4 aromatic rings. The quantitative estimate of drug-likeness (QED) is 0.0853. The van der Waals surface area contributed by atoms with Crippen molar-refractivity contribution in [3.8, 4) is 23.0 Å². The van der Waals surface area contributed by atoms with Crippen molar-refractivity contribution >= 4 is 8.17 Å². The van der Waals surface area contributed by atoms with E-state index in [9.17, 15) is 0 Å². The number of benzene rings is 4. The molecule has 0 saturated carbocycles. The lowest BCUT2D eigenvalue weighted by molar-refractivity contribution is 0.123. The predicted octanol–water partition coefficient (Wildman–Crippen LogP) is 12.1. The van der Waals surface area contributed by atoms with E-state index in [1.54, 1.807) is 55.4 Å². The topological polar surface area (TPSA) is 73.8 Å². The van der Waals surface area contributed by atoms with Crippen LogP contribution in [0.2, 0.25) is 0 Å². The van der Waals surface area contributed by atoms with Crippen LogP contribution in [-0.4, -0.2) is 0 Å². The van der Waals surface area contributed by atoms with Gasteiger partial charge < -0.3 is 18.9 Å². The van der Waals surface area contributed by atoms with E-state index < -0.39 is 8.17 Å². The molecule has 0 aliphatic rings. The number of para-hydroxylation sites is 4. The minimum Gasteiger partial charge on any atom is -0.458 e. The number of hydrogen-bond donors (Lipinski definition) is 0. The first-order chi connectivity index (χ1) is 23.5. The molecule has 49 heavy (non-hydrogen) atoms. The lowest BCUT2D eigenvalue weighted by atomic mass is 10.3. The lowest BCUT2D eigenvalue weighted by Crippen LogP contribution is -2.13. The Labute approximate surface area is 290 Å². The third-order valence-corrected chi connectivity index (χ3v) is 9.02. The summed E-state index contributed by atoms with van der Waals surface area (Å²) in [4.78, 5) is 0. The molecular formula is C40H44O8P+. The first kappa shape index (κ1) is 36.5. The van der Waals surface area contributed by atoms with Crippen molar-refractivity contribution in [3.05, 3.63) is 167 Å². The Balaban J connectivity index is 1.79. The third kappa shape index (κ3) is 11.4. The maximum Gasteiger partial charge on any atom is 0.765 e. The van der Waals surface area contributed by atoms with Crippen LogP contribution in [0.1, 0.15) is 55.4 Å². The highest BCUT2D eigenvalue weighted by atomic mass is 31.2. The van der Waals surface area contributed by atoms with Crippen LogP contribution >= 0.6 is 8.17 Å². The molecule has 9 heteroatoms. The van der Waals surface area contributed by atoms with E-state index in [-0.39, 0.29) is 0 Å². The van der Waals surface area contributed by atoms with Gasteiger partial charge in [-0.2, -0.15) is 0 Å². The zero-order valence-corrected chi connectivity index (χ0v) is 30.2. The molecular weight excluding hydrogens is 639 g/mol. The maximum absolute atomic E-state index is 6.62. The van der Waals surface area contributed by atoms with Crippen molar-refractivity contribution in [1.82, 2.24) is 0 Å². The maximum atomic E-state index is 6.62. The zero-order valence-electron chi connectivity index (χ0n) is 29.3. The van der Waals surface area contributed by atoms with Crippen molar-refractivity contribution in [2.45, 2.75) is 55.4 Å². The summed E-state index contributed by atoms with van der Waals surface area (Å²) in [5.74, 6) is 5.95. The number of hydrogen-bond acceptors (Lipinski definition) is 8. The van der Waals surface area contributed by atoms with E-state index >= 15 is 0 Å². The van der Waals surface area contributed by atoms with Crippen LogP contribution in [0.4, 0.5) is 0 Å². The van der Waals surface area contributed by atoms with Crippen molar-refractivity contribution in [2.75, 3.05) is 0 Å². The average molecular weight is 684 g/mol. The van der Waals surface area contributed by atoms with Crippen LogP contribution in [-0.2, 0) is 18.1 Å². The van der Waals surface area contributed by atoms with Gasteiger partial charge in [0.15, 0.2) is 23.0 Å². The Morgan fingerprint density at radius 1 is 0.286 bits per heavy atom. The molecule has 0 N–H and O–H groups in total. The smallest absolute Gasteiger partial charge is 0.458 e. The van der Waals surface area contributed by atoms with E-state index in [4.69, 9.17) is 37.0 Å². The summed E-state index contributed by atoms with van der Waals surface area (Å²) in [5.41, 5.74) is 0. The van der Waals surface area contributed by atoms with E-state index in [0.29, 0.717) is 69.1 Å². The number of rotatable bonds is 16. The average Bonchev–Trinajstić information content (AvgIpc) is 3.09. The summed E-state index contributed by atoms with van der Waals surface area (Å²) in [7, 11) is -3.91. The highest BCUT2D eigenvalue weighted by molar-refractivity contribution is 7.57. The summed E-state index contributed by atoms with van der Waals surface area (Å²) in [6.07, 6.45) is 0. The van der Waals surface area contributed by atoms with Gasteiger partial charge in [0.25, 0.3) is 0 Å². The minimum absolute atomic E-state index is 0.371. The van der Waals surface area contributed by atoms with E-state index in [0.717, 1.165) is 0 Å². The van der Waals surface area contributed by atoms with Crippen molar-refractivity contribution in [2.24, 2.45) is 0 Å². The largest absolute Gasteiger partial charge is 0.765 e. The van der Waals surface area contributed by atoms with Gasteiger partial charge in [-0.1, -0.05) is 72.8 Å². The van der Waals surface area contributed by atoms with Gasteiger partial charge in [-0.25, -0.2) is 18.1 Å². The molecule has 0 amide bonds. The first-order valence-corrected chi connectivity index (χ1v) is 17.3. The van der Waals surface area contributed by atoms with Gasteiger partial charge in [-0.15, -0.1) is 0 Å². The van der Waals surface area contributed by atoms with Gasteiger partial charge in [-0.05, 0) is 76.2 Å². The van der Waals surface area contributed by atoms with Gasteiger partial charge in [0.1, 0.15) is 46.0 Å². The predicted molar refractivity (Wildman–Crippen MR) is 193 cm³/mol. The number of ether oxygens (including phenoxy) is 4. The van der Waals surface area contributed by atoms with Gasteiger partial charge in [0.05, 0.1) is 0 Å². The second-order valence-electron chi connectivity index (χ2n) is 10.9. The molecule has 0 atom stereocenters. The zero-order chi connectivity index (χ0) is 35.2. The SMILES string of the molecule is C/C(Oc1ccccc1)=C(/C)O[P+](O/C(C)=C(\C)Oc1ccccc1)(O/C(C)=C(\C)Oc1ccccc1)O/C(C)=C(\C)Oc1ccccc1. The summed E-state index contributed by atoms with van der Waals surface area (Å²) in [5, 5.41) is 0. The summed E-state index contributed by atoms with van der Waals surface area (Å²) in [6.45, 7) is 14.2. The normalized spacial score (nSPS) is 13.4. The minimum atomic E-state index is -3.91. The standard InChI is InChI=1S/C40H44O8P/c1-29(41-37-21-13-9-14-22-37)33(5)45-49(46-34(6)30(2)42-38-23-15-10-16-24-38,47-35(7)31(3)43-39-25-17-11-18-26-39)48-36(8)32(4)44-40-27-19-12-20-28-40/h9-28H,1-8H3/q+1/b33-29+,34-30+,35-31+,36-32+. The van der Waals surface area contributed by atoms with Crippen LogP contribution in [0, 0.1) is 0 Å². The van der Waals surface area contributed by atoms with E-state index in [2.05, 4.69) is 0 Å². The molecule has 4 aromatic carbocycles. The van der Waals surface area contributed by atoms with Crippen LogP contribution in [0.25, 0.3) is 0 Å². The summed E-state index contributed by atoms with van der Waals surface area (Å²) < 4.78 is 50.9. The van der Waals surface area contributed by atoms with Gasteiger partial charge in [-0.3, -0.25) is 0 Å². The first-order valence-electron chi connectivity index (χ1n) is 15.8. The Morgan fingerprint density at radius 2 is 0.469 bits per heavy atom. The van der Waals surface area contributed by atoms with E-state index in [1.807, 2.05) is 121 Å². The number of allylic oxidation sites excluding steroid dienone is 8. The molecule has 0 radical (unpaired) electrons.